The Labute approximate surface area is 213 Å². The first-order valence-electron chi connectivity index (χ1n) is 10.3. The van der Waals surface area contributed by atoms with Gasteiger partial charge in [-0.25, -0.2) is 9.59 Å². The summed E-state index contributed by atoms with van der Waals surface area (Å²) in [7, 11) is 3.31. The van der Waals surface area contributed by atoms with E-state index in [9.17, 15) is 9.59 Å². The summed E-state index contributed by atoms with van der Waals surface area (Å²) < 4.78 is 10.3. The molecule has 1 heterocycles. The molecule has 2 amide bonds. The van der Waals surface area contributed by atoms with Gasteiger partial charge in [-0.1, -0.05) is 41.4 Å². The van der Waals surface area contributed by atoms with Crippen molar-refractivity contribution in [3.63, 3.8) is 0 Å². The summed E-state index contributed by atoms with van der Waals surface area (Å²) in [5.74, 6) is -0.459. The van der Waals surface area contributed by atoms with E-state index < -0.39 is 18.0 Å². The average molecular weight is 523 g/mol. The van der Waals surface area contributed by atoms with E-state index in [1.807, 2.05) is 6.92 Å². The molecule has 2 aromatic rings. The van der Waals surface area contributed by atoms with Crippen LogP contribution in [0.15, 0.2) is 53.7 Å². The molecule has 0 saturated carbocycles. The molecule has 1 aliphatic rings. The number of urea groups is 1. The number of carbonyl (C=O) groups is 2. The number of hydrogen-bond donors (Lipinski definition) is 3. The van der Waals surface area contributed by atoms with Crippen molar-refractivity contribution in [2.24, 2.45) is 0 Å². The number of benzene rings is 2. The average Bonchev–Trinajstić information content (AvgIpc) is 2.80. The summed E-state index contributed by atoms with van der Waals surface area (Å²) in [6.45, 7) is 2.25. The van der Waals surface area contributed by atoms with Crippen molar-refractivity contribution in [3.05, 3.63) is 69.3 Å². The van der Waals surface area contributed by atoms with Crippen LogP contribution >= 0.6 is 35.4 Å². The third-order valence-electron chi connectivity index (χ3n) is 5.20. The van der Waals surface area contributed by atoms with Crippen LogP contribution in [0.2, 0.25) is 10.0 Å². The molecule has 2 aromatic carbocycles. The molecule has 0 radical (unpaired) electrons. The first-order chi connectivity index (χ1) is 16.2. The fraction of sp³-hybridized carbons (Fsp3) is 0.261. The molecule has 3 rings (SSSR count). The van der Waals surface area contributed by atoms with Gasteiger partial charge in [-0.2, -0.15) is 0 Å². The van der Waals surface area contributed by atoms with Crippen LogP contribution in [0.3, 0.4) is 0 Å². The van der Waals surface area contributed by atoms with Gasteiger partial charge in [-0.15, -0.1) is 0 Å². The van der Waals surface area contributed by atoms with E-state index >= 15 is 0 Å². The molecule has 0 bridgehead atoms. The number of nitrogens with zero attached hydrogens (tertiary/aromatic N) is 1. The van der Waals surface area contributed by atoms with Gasteiger partial charge in [-0.3, -0.25) is 0 Å². The minimum atomic E-state index is -0.511. The van der Waals surface area contributed by atoms with Gasteiger partial charge in [0, 0.05) is 25.5 Å². The molecule has 180 valence electrons. The second kappa shape index (κ2) is 11.5. The van der Waals surface area contributed by atoms with Gasteiger partial charge >= 0.3 is 12.0 Å². The maximum absolute atomic E-state index is 12.8. The molecule has 0 aromatic heterocycles. The van der Waals surface area contributed by atoms with Crippen LogP contribution in [0.1, 0.15) is 18.5 Å². The Kier molecular flexibility index (Phi) is 8.73. The molecular formula is C23H24Cl2N4O4S. The summed E-state index contributed by atoms with van der Waals surface area (Å²) in [6.07, 6.45) is 0. The third-order valence-corrected chi connectivity index (χ3v) is 6.22. The number of thiocarbonyl (C=S) groups is 1. The maximum atomic E-state index is 12.8. The molecule has 1 atom stereocenters. The summed E-state index contributed by atoms with van der Waals surface area (Å²) in [6, 6.07) is 11.0. The minimum absolute atomic E-state index is 0.139. The zero-order valence-electron chi connectivity index (χ0n) is 18.8. The first-order valence-corrected chi connectivity index (χ1v) is 11.4. The number of ether oxygens (including phenoxy) is 2. The summed E-state index contributed by atoms with van der Waals surface area (Å²) in [4.78, 5) is 27.0. The van der Waals surface area contributed by atoms with Crippen LogP contribution in [0.25, 0.3) is 0 Å². The van der Waals surface area contributed by atoms with Crippen LogP contribution in [-0.2, 0) is 14.3 Å². The summed E-state index contributed by atoms with van der Waals surface area (Å²) in [5, 5.41) is 9.68. The van der Waals surface area contributed by atoms with Gasteiger partial charge in [0.25, 0.3) is 0 Å². The van der Waals surface area contributed by atoms with E-state index in [2.05, 4.69) is 16.0 Å². The lowest BCUT2D eigenvalue weighted by atomic mass is 9.95. The van der Waals surface area contributed by atoms with E-state index in [0.29, 0.717) is 44.4 Å². The van der Waals surface area contributed by atoms with Crippen molar-refractivity contribution in [2.45, 2.75) is 13.0 Å². The van der Waals surface area contributed by atoms with Crippen molar-refractivity contribution in [1.82, 2.24) is 10.2 Å². The number of carbonyl (C=O) groups excluding carboxylic acids is 2. The molecule has 34 heavy (non-hydrogen) atoms. The Balaban J connectivity index is 1.77. The van der Waals surface area contributed by atoms with Gasteiger partial charge in [0.2, 0.25) is 0 Å². The Bertz CT molecular complexity index is 1100. The van der Waals surface area contributed by atoms with Crippen LogP contribution < -0.4 is 16.0 Å². The van der Waals surface area contributed by atoms with E-state index in [4.69, 9.17) is 44.9 Å². The van der Waals surface area contributed by atoms with E-state index in [-0.39, 0.29) is 6.61 Å². The van der Waals surface area contributed by atoms with Crippen molar-refractivity contribution < 1.29 is 19.1 Å². The first kappa shape index (κ1) is 25.8. The topological polar surface area (TPSA) is 91.9 Å². The van der Waals surface area contributed by atoms with Gasteiger partial charge in [0.05, 0.1) is 34.0 Å². The molecule has 0 saturated heterocycles. The van der Waals surface area contributed by atoms with Crippen LogP contribution in [0, 0.1) is 0 Å². The fourth-order valence-electron chi connectivity index (χ4n) is 3.30. The number of nitrogens with one attached hydrogen (secondary N) is 3. The van der Waals surface area contributed by atoms with Crippen LogP contribution in [-0.4, -0.2) is 49.4 Å². The molecular weight excluding hydrogens is 499 g/mol. The van der Waals surface area contributed by atoms with E-state index in [0.717, 1.165) is 5.56 Å². The largest absolute Gasteiger partial charge is 0.460 e. The number of allylic oxidation sites excluding steroid dienone is 1. The smallest absolute Gasteiger partial charge is 0.338 e. The Morgan fingerprint density at radius 1 is 1.09 bits per heavy atom. The van der Waals surface area contributed by atoms with Crippen molar-refractivity contribution in [3.8, 4) is 0 Å². The Hall–Kier alpha value is -2.85. The van der Waals surface area contributed by atoms with Gasteiger partial charge in [0.1, 0.15) is 6.61 Å². The zero-order valence-corrected chi connectivity index (χ0v) is 21.1. The lowest BCUT2D eigenvalue weighted by Gasteiger charge is -2.35. The fourth-order valence-corrected chi connectivity index (χ4v) is 4.04. The highest BCUT2D eigenvalue weighted by atomic mass is 35.5. The normalized spacial score (nSPS) is 15.6. The molecule has 1 unspecified atom stereocenters. The predicted molar refractivity (Wildman–Crippen MR) is 137 cm³/mol. The number of rotatable bonds is 7. The molecule has 8 nitrogen and oxygen atoms in total. The second-order valence-electron chi connectivity index (χ2n) is 7.37. The van der Waals surface area contributed by atoms with Crippen molar-refractivity contribution in [2.75, 3.05) is 38.0 Å². The number of methoxy groups -OCH3 is 1. The molecule has 3 N–H and O–H groups in total. The highest BCUT2D eigenvalue weighted by Gasteiger charge is 2.33. The number of amides is 2. The lowest BCUT2D eigenvalue weighted by molar-refractivity contribution is -0.140. The summed E-state index contributed by atoms with van der Waals surface area (Å²) >= 11 is 17.6. The monoisotopic (exact) mass is 522 g/mol. The third kappa shape index (κ3) is 5.98. The summed E-state index contributed by atoms with van der Waals surface area (Å²) in [5.41, 5.74) is 2.76. The second-order valence-corrected chi connectivity index (χ2v) is 8.57. The highest BCUT2D eigenvalue weighted by molar-refractivity contribution is 7.80. The predicted octanol–water partition coefficient (Wildman–Crippen LogP) is 4.96. The SMILES string of the molecule is COCCOC(=O)C1=C(C)N(C)C(=S)NC1c1ccc(NC(=O)Nc2c(Cl)cccc2Cl)cc1. The minimum Gasteiger partial charge on any atom is -0.460 e. The molecule has 0 spiro atoms. The van der Waals surface area contributed by atoms with Crippen LogP contribution in [0.5, 0.6) is 0 Å². The van der Waals surface area contributed by atoms with Gasteiger partial charge in [-0.05, 0) is 49.0 Å². The molecule has 1 aliphatic heterocycles. The number of anilines is 2. The van der Waals surface area contributed by atoms with Crippen LogP contribution in [0.4, 0.5) is 16.2 Å². The van der Waals surface area contributed by atoms with Gasteiger partial charge < -0.3 is 30.3 Å². The van der Waals surface area contributed by atoms with Crippen molar-refractivity contribution >= 4 is 63.9 Å². The number of esters is 1. The molecule has 0 fully saturated rings. The quantitative estimate of drug-likeness (QED) is 0.268. The highest BCUT2D eigenvalue weighted by Crippen LogP contribution is 2.32. The Morgan fingerprint density at radius 2 is 1.74 bits per heavy atom. The number of para-hydroxylation sites is 1. The molecule has 0 aliphatic carbocycles. The van der Waals surface area contributed by atoms with Gasteiger partial charge in [0.15, 0.2) is 5.11 Å². The number of hydrogen-bond acceptors (Lipinski definition) is 5. The van der Waals surface area contributed by atoms with E-state index in [1.165, 1.54) is 7.11 Å². The van der Waals surface area contributed by atoms with Crippen molar-refractivity contribution in [1.29, 1.82) is 0 Å². The zero-order chi connectivity index (χ0) is 24.8. The Morgan fingerprint density at radius 3 is 2.35 bits per heavy atom. The molecule has 11 heteroatoms. The number of halogens is 2. The lowest BCUT2D eigenvalue weighted by Crippen LogP contribution is -2.46. The van der Waals surface area contributed by atoms with E-state index in [1.54, 1.807) is 54.4 Å². The maximum Gasteiger partial charge on any atom is 0.338 e. The standard InChI is InChI=1S/C23H24Cl2N4O4S/c1-13-18(21(30)33-12-11-32-3)19(28-23(34)29(13)2)14-7-9-15(10-8-14)26-22(31)27-20-16(24)5-4-6-17(20)25/h4-10,19H,11-12H2,1-3H3,(H,28,34)(H2,26,27,31).